The Kier molecular flexibility index (Phi) is 13.6. The van der Waals surface area contributed by atoms with Crippen molar-refractivity contribution in [1.29, 1.82) is 0 Å². The number of pyridine rings is 1. The fourth-order valence-corrected chi connectivity index (χ4v) is 9.95. The molecular formula is C44H61F3N6O9S. The SMILES string of the molecule is CC[C@@H]1C[C@H](C)CC/C=C\[C@@H]2C[C@@]2(C(=O)NS(=O)(=O)C2(C)CC2)NC(=O)[C@@H]2C[C@@H](Oc3ncc(N(CC)CC)c4cc(OC)ccc34)CN2C(=O)[C@H]1NC(=O)OC(C)(C)C(F)(F)F. The molecule has 3 N–H and O–H groups in total. The molecular weight excluding hydrogens is 846 g/mol. The van der Waals surface area contributed by atoms with Crippen LogP contribution >= 0.6 is 0 Å². The van der Waals surface area contributed by atoms with Crippen LogP contribution in [-0.2, 0) is 29.1 Å². The lowest BCUT2D eigenvalue weighted by Crippen LogP contribution is -2.60. The quantitative estimate of drug-likeness (QED) is 0.208. The maximum atomic E-state index is 15.1. The number of hydrogen-bond acceptors (Lipinski definition) is 11. The predicted octanol–water partition coefficient (Wildman–Crippen LogP) is 6.15. The molecule has 4 amide bonds. The summed E-state index contributed by atoms with van der Waals surface area (Å²) in [6, 6.07) is 2.66. The Morgan fingerprint density at radius 1 is 1.08 bits per heavy atom. The zero-order chi connectivity index (χ0) is 46.3. The summed E-state index contributed by atoms with van der Waals surface area (Å²) in [5, 5.41) is 6.70. The van der Waals surface area contributed by atoms with Gasteiger partial charge in [0, 0.05) is 36.2 Å². The van der Waals surface area contributed by atoms with Crippen LogP contribution < -0.4 is 29.7 Å². The number of ether oxygens (including phenoxy) is 3. The van der Waals surface area contributed by atoms with Crippen LogP contribution in [0, 0.1) is 17.8 Å². The Morgan fingerprint density at radius 2 is 1.78 bits per heavy atom. The molecule has 0 radical (unpaired) electrons. The Morgan fingerprint density at radius 3 is 2.40 bits per heavy atom. The number of nitrogens with zero attached hydrogens (tertiary/aromatic N) is 3. The highest BCUT2D eigenvalue weighted by Gasteiger charge is 2.63. The van der Waals surface area contributed by atoms with Crippen LogP contribution in [0.4, 0.5) is 23.7 Å². The summed E-state index contributed by atoms with van der Waals surface area (Å²) in [5.41, 5.74) is -3.71. The zero-order valence-electron chi connectivity index (χ0n) is 37.3. The second kappa shape index (κ2) is 18.0. The molecule has 0 spiro atoms. The third-order valence-corrected chi connectivity index (χ3v) is 15.5. The second-order valence-corrected chi connectivity index (χ2v) is 20.4. The summed E-state index contributed by atoms with van der Waals surface area (Å²) in [6.45, 7) is 11.9. The number of aromatic nitrogens is 1. The standard InChI is InChI=1S/C44H61F3N6O9S/c1-9-27-20-26(4)14-12-13-15-28-23-43(28,39(56)51-63(58,59)42(7)18-19-42)50-36(54)33-22-30(25-53(33)38(55)35(27)49-40(57)62-41(5,6)44(45,46)47)61-37-31-17-16-29(60-8)21-32(31)34(24-48-37)52(10-2)11-3/h13,15-17,21,24,26-28,30,33,35H,9-12,14,18-20,22-23,25H2,1-8H3,(H,49,57)(H,50,54)(H,51,56)/b15-13-/t26-,27-,28-,30-,33+,35+,43-/m1/s1. The molecule has 0 unspecified atom stereocenters. The zero-order valence-corrected chi connectivity index (χ0v) is 38.1. The van der Waals surface area contributed by atoms with Gasteiger partial charge in [-0.05, 0) is 103 Å². The molecule has 6 rings (SSSR count). The number of allylic oxidation sites excluding steroid dienone is 1. The first kappa shape index (κ1) is 47.7. The number of alkyl halides is 3. The number of carbonyl (C=O) groups is 4. The minimum atomic E-state index is -4.92. The normalized spacial score (nSPS) is 28.0. The van der Waals surface area contributed by atoms with Crippen molar-refractivity contribution in [3.63, 3.8) is 0 Å². The molecule has 2 aliphatic heterocycles. The number of halogens is 3. The monoisotopic (exact) mass is 906 g/mol. The largest absolute Gasteiger partial charge is 0.497 e. The summed E-state index contributed by atoms with van der Waals surface area (Å²) in [6.07, 6.45) is 0.714. The van der Waals surface area contributed by atoms with Gasteiger partial charge >= 0.3 is 12.3 Å². The summed E-state index contributed by atoms with van der Waals surface area (Å²) in [7, 11) is -2.53. The second-order valence-electron chi connectivity index (χ2n) is 18.2. The van der Waals surface area contributed by atoms with Crippen LogP contribution in [-0.4, -0.2) is 109 Å². The molecule has 2 aliphatic carbocycles. The van der Waals surface area contributed by atoms with E-state index in [2.05, 4.69) is 25.2 Å². The van der Waals surface area contributed by atoms with E-state index in [-0.39, 0.29) is 31.2 Å². The van der Waals surface area contributed by atoms with Gasteiger partial charge in [-0.1, -0.05) is 32.4 Å². The van der Waals surface area contributed by atoms with E-state index >= 15 is 4.79 Å². The van der Waals surface area contributed by atoms with Gasteiger partial charge in [0.2, 0.25) is 33.3 Å². The summed E-state index contributed by atoms with van der Waals surface area (Å²) < 4.78 is 86.3. The molecule has 2 aromatic rings. The molecule has 1 saturated heterocycles. The lowest BCUT2D eigenvalue weighted by Gasteiger charge is -2.35. The number of hydrogen-bond donors (Lipinski definition) is 3. The van der Waals surface area contributed by atoms with E-state index in [9.17, 15) is 36.0 Å². The average molecular weight is 907 g/mol. The average Bonchev–Trinajstić information content (AvgIpc) is 4.10. The number of alkyl carbamates (subject to hydrolysis) is 1. The minimum absolute atomic E-state index is 0.0383. The van der Waals surface area contributed by atoms with Gasteiger partial charge in [-0.25, -0.2) is 18.2 Å². The third-order valence-electron chi connectivity index (χ3n) is 13.3. The van der Waals surface area contributed by atoms with Crippen molar-refractivity contribution in [1.82, 2.24) is 25.2 Å². The molecule has 0 bridgehead atoms. The molecule has 19 heteroatoms. The smallest absolute Gasteiger partial charge is 0.427 e. The summed E-state index contributed by atoms with van der Waals surface area (Å²) in [4.78, 5) is 65.2. The Bertz CT molecular complexity index is 2210. The van der Waals surface area contributed by atoms with Crippen molar-refractivity contribution in [2.75, 3.05) is 31.6 Å². The van der Waals surface area contributed by atoms with Crippen molar-refractivity contribution >= 4 is 50.3 Å². The Labute approximate surface area is 367 Å². The lowest BCUT2D eigenvalue weighted by atomic mass is 9.85. The molecule has 1 aromatic heterocycles. The summed E-state index contributed by atoms with van der Waals surface area (Å²) in [5.74, 6) is -2.80. The van der Waals surface area contributed by atoms with E-state index in [1.165, 1.54) is 4.90 Å². The van der Waals surface area contributed by atoms with Crippen LogP contribution in [0.1, 0.15) is 99.8 Å². The first-order valence-electron chi connectivity index (χ1n) is 21.8. The van der Waals surface area contributed by atoms with Crippen molar-refractivity contribution in [2.45, 2.75) is 140 Å². The fourth-order valence-electron chi connectivity index (χ4n) is 8.64. The molecule has 348 valence electrons. The number of nitrogens with one attached hydrogen (secondary N) is 3. The number of rotatable bonds is 12. The van der Waals surface area contributed by atoms with Gasteiger partial charge < -0.3 is 34.6 Å². The number of anilines is 1. The highest BCUT2D eigenvalue weighted by Crippen LogP contribution is 2.48. The minimum Gasteiger partial charge on any atom is -0.497 e. The van der Waals surface area contributed by atoms with E-state index in [0.29, 0.717) is 76.6 Å². The third kappa shape index (κ3) is 9.82. The number of amides is 4. The van der Waals surface area contributed by atoms with Gasteiger partial charge in [0.05, 0.1) is 30.3 Å². The Balaban J connectivity index is 1.40. The van der Waals surface area contributed by atoms with Crippen LogP contribution in [0.2, 0.25) is 0 Å². The predicted molar refractivity (Wildman–Crippen MR) is 230 cm³/mol. The summed E-state index contributed by atoms with van der Waals surface area (Å²) >= 11 is 0. The molecule has 4 aliphatic rings. The van der Waals surface area contributed by atoms with Gasteiger partial charge in [0.25, 0.3) is 5.91 Å². The van der Waals surface area contributed by atoms with Gasteiger partial charge in [-0.2, -0.15) is 13.2 Å². The van der Waals surface area contributed by atoms with Gasteiger partial charge in [-0.3, -0.25) is 19.1 Å². The molecule has 15 nitrogen and oxygen atoms in total. The van der Waals surface area contributed by atoms with E-state index in [1.807, 2.05) is 32.9 Å². The van der Waals surface area contributed by atoms with Crippen molar-refractivity contribution in [3.8, 4) is 11.6 Å². The number of benzene rings is 1. The first-order valence-corrected chi connectivity index (χ1v) is 23.3. The van der Waals surface area contributed by atoms with Gasteiger partial charge in [0.1, 0.15) is 29.5 Å². The maximum Gasteiger partial charge on any atom is 0.427 e. The fraction of sp³-hybridized carbons (Fsp3) is 0.659. The molecule has 7 atom stereocenters. The van der Waals surface area contributed by atoms with E-state index in [1.54, 1.807) is 45.4 Å². The van der Waals surface area contributed by atoms with Crippen molar-refractivity contribution < 1.29 is 55.0 Å². The highest BCUT2D eigenvalue weighted by molar-refractivity contribution is 7.91. The maximum absolute atomic E-state index is 15.1. The number of carbonyl (C=O) groups excluding carboxylic acids is 4. The van der Waals surface area contributed by atoms with Crippen molar-refractivity contribution in [2.24, 2.45) is 17.8 Å². The molecule has 1 aromatic carbocycles. The van der Waals surface area contributed by atoms with E-state index in [0.717, 1.165) is 11.1 Å². The van der Waals surface area contributed by atoms with Crippen LogP contribution in [0.5, 0.6) is 11.6 Å². The van der Waals surface area contributed by atoms with Gasteiger partial charge in [0.15, 0.2) is 0 Å². The van der Waals surface area contributed by atoms with Crippen molar-refractivity contribution in [3.05, 3.63) is 36.5 Å². The number of fused-ring (bicyclic) bond motifs is 3. The lowest BCUT2D eigenvalue weighted by molar-refractivity contribution is -0.244. The molecule has 3 heterocycles. The molecule has 63 heavy (non-hydrogen) atoms. The number of sulfonamides is 1. The Hall–Kier alpha value is -4.81. The van der Waals surface area contributed by atoms with E-state index in [4.69, 9.17) is 14.2 Å². The first-order chi connectivity index (χ1) is 29.5. The van der Waals surface area contributed by atoms with E-state index < -0.39 is 85.9 Å². The topological polar surface area (TPSA) is 186 Å². The molecule has 2 saturated carbocycles. The van der Waals surface area contributed by atoms with Gasteiger partial charge in [-0.15, -0.1) is 0 Å². The molecule has 3 fully saturated rings. The highest BCUT2D eigenvalue weighted by atomic mass is 32.2. The van der Waals surface area contributed by atoms with Crippen LogP contribution in [0.25, 0.3) is 10.8 Å². The van der Waals surface area contributed by atoms with Crippen LogP contribution in [0.3, 0.4) is 0 Å². The van der Waals surface area contributed by atoms with Crippen LogP contribution in [0.15, 0.2) is 36.5 Å². The number of methoxy groups -OCH3 is 1.